The molecule has 1 saturated carbocycles. The number of hydrogen-bond acceptors (Lipinski definition) is 24. The molecule has 21 atom stereocenters. The Morgan fingerprint density at radius 3 is 1.08 bits per heavy atom. The Hall–Kier alpha value is -2.79. The first kappa shape index (κ1) is 111. The number of unbranched alkanes of at least 4 members (excludes halogenated alkanes) is 39. The molecule has 0 spiro atoms. The first-order valence-electron chi connectivity index (χ1n) is 48.6. The van der Waals surface area contributed by atoms with Crippen LogP contribution < -0.4 is 0 Å². The fraction of sp³-hybridized carbons (Fsp3) is 0.936. The van der Waals surface area contributed by atoms with Crippen LogP contribution in [0.1, 0.15) is 414 Å². The van der Waals surface area contributed by atoms with Gasteiger partial charge in [-0.25, -0.2) is 4.57 Å². The summed E-state index contributed by atoms with van der Waals surface area (Å²) in [6.07, 6.45) is 25.0. The molecule has 0 amide bonds. The zero-order chi connectivity index (χ0) is 88.0. The van der Waals surface area contributed by atoms with Crippen LogP contribution in [0.4, 0.5) is 0 Å². The molecule has 1 aliphatic carbocycles. The minimum atomic E-state index is -5.82. The number of hydrogen-bond donors (Lipinski definition) is 10. The molecule has 2 aliphatic heterocycles. The molecular weight excluding hydrogens is 1560 g/mol. The van der Waals surface area contributed by atoms with E-state index in [-0.39, 0.29) is 32.1 Å². The minimum Gasteiger partial charge on any atom is -0.463 e. The maximum atomic E-state index is 14.9. The summed E-state index contributed by atoms with van der Waals surface area (Å²) in [7, 11) is -5.82. The summed E-state index contributed by atoms with van der Waals surface area (Å²) in [6, 6.07) is 0. The van der Waals surface area contributed by atoms with Gasteiger partial charge in [0.1, 0.15) is 92.6 Å². The second-order valence-electron chi connectivity index (χ2n) is 35.8. The molecule has 2 heterocycles. The Labute approximate surface area is 724 Å². The molecule has 0 aromatic rings. The predicted molar refractivity (Wildman–Crippen MR) is 467 cm³/mol. The molecule has 3 fully saturated rings. The highest BCUT2D eigenvalue weighted by Gasteiger charge is 2.60. The van der Waals surface area contributed by atoms with Gasteiger partial charge in [0.2, 0.25) is 0 Å². The van der Waals surface area contributed by atoms with Crippen molar-refractivity contribution in [1.82, 2.24) is 0 Å². The number of aliphatic hydroxyl groups excluding tert-OH is 9. The van der Waals surface area contributed by atoms with Crippen molar-refractivity contribution in [3.8, 4) is 0 Å². The molecule has 706 valence electrons. The van der Waals surface area contributed by atoms with Crippen LogP contribution in [0.25, 0.3) is 0 Å². The Morgan fingerprint density at radius 2 is 0.675 bits per heavy atom. The van der Waals surface area contributed by atoms with Gasteiger partial charge in [-0.3, -0.25) is 28.2 Å². The molecule has 120 heavy (non-hydrogen) atoms. The summed E-state index contributed by atoms with van der Waals surface area (Å²) in [5.41, 5.74) is 0. The Morgan fingerprint density at radius 1 is 0.350 bits per heavy atom. The monoisotopic (exact) mass is 1740 g/mol. The lowest BCUT2D eigenvalue weighted by molar-refractivity contribution is -0.360. The zero-order valence-electron chi connectivity index (χ0n) is 75.9. The number of aliphatic hydroxyl groups is 9. The molecule has 25 nitrogen and oxygen atoms in total. The van der Waals surface area contributed by atoms with E-state index >= 15 is 0 Å². The fourth-order valence-corrected chi connectivity index (χ4v) is 17.4. The highest BCUT2D eigenvalue weighted by molar-refractivity contribution is 7.47. The summed E-state index contributed by atoms with van der Waals surface area (Å²) in [6.45, 7) is 12.6. The van der Waals surface area contributed by atoms with Crippen LogP contribution in [-0.2, 0) is 70.7 Å². The zero-order valence-corrected chi connectivity index (χ0v) is 76.8. The molecule has 26 heteroatoms. The third kappa shape index (κ3) is 50.7. The van der Waals surface area contributed by atoms with Crippen molar-refractivity contribution in [2.24, 2.45) is 17.8 Å². The van der Waals surface area contributed by atoms with Crippen molar-refractivity contribution in [2.45, 2.75) is 519 Å². The van der Waals surface area contributed by atoms with E-state index < -0.39 is 162 Å². The largest absolute Gasteiger partial charge is 0.472 e. The fourth-order valence-electron chi connectivity index (χ4n) is 16.5. The lowest BCUT2D eigenvalue weighted by Crippen LogP contribution is -2.70. The normalized spacial score (nSPS) is 25.5. The van der Waals surface area contributed by atoms with Crippen molar-refractivity contribution in [3.05, 3.63) is 12.2 Å². The summed E-state index contributed by atoms with van der Waals surface area (Å²) < 4.78 is 73.6. The quantitative estimate of drug-likeness (QED) is 0.00889. The molecule has 3 aliphatic rings. The van der Waals surface area contributed by atoms with E-state index in [1.54, 1.807) is 0 Å². The van der Waals surface area contributed by atoms with Crippen LogP contribution in [0.15, 0.2) is 12.2 Å². The second kappa shape index (κ2) is 70.2. The van der Waals surface area contributed by atoms with Gasteiger partial charge in [0.25, 0.3) is 0 Å². The third-order valence-electron chi connectivity index (χ3n) is 24.5. The van der Waals surface area contributed by atoms with Crippen molar-refractivity contribution in [3.63, 3.8) is 0 Å². The van der Waals surface area contributed by atoms with E-state index in [4.69, 9.17) is 46.9 Å². The lowest BCUT2D eigenvalue weighted by atomic mass is 9.84. The number of phosphoric ester groups is 1. The molecule has 0 radical (unpaired) electrons. The van der Waals surface area contributed by atoms with Crippen LogP contribution in [0.2, 0.25) is 0 Å². The van der Waals surface area contributed by atoms with Crippen LogP contribution >= 0.6 is 7.82 Å². The summed E-state index contributed by atoms with van der Waals surface area (Å²) in [5, 5.41) is 102. The van der Waals surface area contributed by atoms with E-state index in [0.717, 1.165) is 122 Å². The molecule has 10 N–H and O–H groups in total. The molecule has 3 rings (SSSR count). The van der Waals surface area contributed by atoms with Gasteiger partial charge in [-0.2, -0.15) is 0 Å². The van der Waals surface area contributed by atoms with Gasteiger partial charge < -0.3 is 88.7 Å². The van der Waals surface area contributed by atoms with E-state index in [9.17, 15) is 74.6 Å². The highest BCUT2D eigenvalue weighted by atomic mass is 31.2. The van der Waals surface area contributed by atoms with Crippen molar-refractivity contribution < 1.29 is 122 Å². The first-order chi connectivity index (χ1) is 57.9. The number of carbonyl (C=O) groups is 4. The topological polar surface area (TPSA) is 380 Å². The maximum Gasteiger partial charge on any atom is 0.472 e. The van der Waals surface area contributed by atoms with Crippen molar-refractivity contribution in [1.29, 1.82) is 0 Å². The molecule has 21 unspecified atom stereocenters. The van der Waals surface area contributed by atoms with Gasteiger partial charge in [-0.15, -0.1) is 0 Å². The number of allylic oxidation sites excluding steroid dienone is 2. The SMILES string of the molecule is CCCCCCCC/C=C\CCCCCC(=O)OC1C(O)C(O)C(OC2OC(CO)C(O)C(O)C2O)C(OP(=O)(O)OCC(COC(=O)CCCCCCCCC(C)CCCCCCCC)OC(=O)CCCCCCCCC(C)CCCCCCCC)C1OC1OC(COC(=O)CCCCCCCCC(C)CCCCCCCC)C(O)C(O)C1O. The van der Waals surface area contributed by atoms with Gasteiger partial charge in [-0.05, 0) is 69.1 Å². The first-order valence-corrected chi connectivity index (χ1v) is 50.1. The van der Waals surface area contributed by atoms with E-state index in [2.05, 4.69) is 60.6 Å². The van der Waals surface area contributed by atoms with Crippen molar-refractivity contribution in [2.75, 3.05) is 26.4 Å². The second-order valence-corrected chi connectivity index (χ2v) is 37.2. The summed E-state index contributed by atoms with van der Waals surface area (Å²) >= 11 is 0. The van der Waals surface area contributed by atoms with Crippen LogP contribution in [0.3, 0.4) is 0 Å². The summed E-state index contributed by atoms with van der Waals surface area (Å²) in [4.78, 5) is 66.7. The van der Waals surface area contributed by atoms with Crippen LogP contribution in [-0.4, -0.2) is 205 Å². The molecule has 2 saturated heterocycles. The predicted octanol–water partition coefficient (Wildman–Crippen LogP) is 18.3. The van der Waals surface area contributed by atoms with Crippen LogP contribution in [0.5, 0.6) is 0 Å². The smallest absolute Gasteiger partial charge is 0.463 e. The van der Waals surface area contributed by atoms with Gasteiger partial charge in [0.15, 0.2) is 24.8 Å². The standard InChI is InChI=1S/C94H175O25P/c1-8-12-16-20-24-25-26-27-28-29-30-45-56-66-80(99)116-89-85(104)86(105)90(117-93-87(106)83(102)81(100)75(67-95)114-93)92(91(89)118-94-88(107)84(103)82(101)76(115-94)70-111-78(97)64-54-44-35-32-41-51-61-72(6)58-48-38-22-18-14-10-3)119-120(108,109)112-69-74(113-79(98)65-55-46-36-33-42-52-62-73(7)59-49-39-23-19-15-11-4)68-110-77(96)63-53-43-34-31-40-50-60-71(5)57-47-37-21-17-13-9-2/h27-28,71-76,81-95,100-107H,8-26,29-70H2,1-7H3,(H,108,109)/b28-27-. The number of phosphoric acid groups is 1. The van der Waals surface area contributed by atoms with Gasteiger partial charge in [0, 0.05) is 25.7 Å². The van der Waals surface area contributed by atoms with Crippen LogP contribution in [0, 0.1) is 17.8 Å². The number of carbonyl (C=O) groups excluding carboxylic acids is 4. The van der Waals surface area contributed by atoms with Gasteiger partial charge in [0.05, 0.1) is 13.2 Å². The van der Waals surface area contributed by atoms with Gasteiger partial charge >= 0.3 is 31.7 Å². The average molecular weight is 1740 g/mol. The molecule has 0 aromatic carbocycles. The van der Waals surface area contributed by atoms with E-state index in [0.29, 0.717) is 49.9 Å². The number of ether oxygens (including phenoxy) is 8. The summed E-state index contributed by atoms with van der Waals surface area (Å²) in [5.74, 6) is -0.936. The molecule has 0 aromatic heterocycles. The Bertz CT molecular complexity index is 2590. The number of rotatable bonds is 77. The molecule has 0 bridgehead atoms. The Kier molecular flexibility index (Phi) is 65.2. The third-order valence-corrected chi connectivity index (χ3v) is 25.4. The average Bonchev–Trinajstić information content (AvgIpc) is 0.753. The van der Waals surface area contributed by atoms with E-state index in [1.807, 2.05) is 0 Å². The highest BCUT2D eigenvalue weighted by Crippen LogP contribution is 2.49. The van der Waals surface area contributed by atoms with Crippen molar-refractivity contribution >= 4 is 31.7 Å². The lowest BCUT2D eigenvalue weighted by Gasteiger charge is -2.50. The van der Waals surface area contributed by atoms with Gasteiger partial charge in [-0.1, -0.05) is 350 Å². The van der Waals surface area contributed by atoms with E-state index in [1.165, 1.54) is 180 Å². The Balaban J connectivity index is 1.93. The molecular formula is C94H175O25P. The maximum absolute atomic E-state index is 14.9. The number of esters is 4. The minimum absolute atomic E-state index is 0.0136.